The summed E-state index contributed by atoms with van der Waals surface area (Å²) < 4.78 is 15.2. The van der Waals surface area contributed by atoms with Crippen molar-refractivity contribution in [1.82, 2.24) is 14.7 Å². The fraction of sp³-hybridized carbons (Fsp3) is 0.850. The third-order valence-corrected chi connectivity index (χ3v) is 11.0. The Labute approximate surface area is 186 Å². The van der Waals surface area contributed by atoms with Gasteiger partial charge in [0.05, 0.1) is 35.1 Å². The molecular weight excluding hydrogens is 485 g/mol. The average Bonchev–Trinajstić information content (AvgIpc) is 2.82. The topological polar surface area (TPSA) is 59.8 Å². The van der Waals surface area contributed by atoms with E-state index in [2.05, 4.69) is 75.2 Å². The van der Waals surface area contributed by atoms with Crippen LogP contribution in [0, 0.1) is 3.57 Å². The van der Waals surface area contributed by atoms with Gasteiger partial charge < -0.3 is 14.3 Å². The lowest BCUT2D eigenvalue weighted by Gasteiger charge is -2.36. The van der Waals surface area contributed by atoms with E-state index in [-0.39, 0.29) is 11.1 Å². The molecule has 0 saturated heterocycles. The maximum absolute atomic E-state index is 9.88. The third kappa shape index (κ3) is 7.27. The van der Waals surface area contributed by atoms with Gasteiger partial charge in [0.2, 0.25) is 5.88 Å². The maximum atomic E-state index is 9.88. The molecule has 0 fully saturated rings. The van der Waals surface area contributed by atoms with Gasteiger partial charge in [-0.1, -0.05) is 20.8 Å². The Hall–Kier alpha value is -0.163. The Bertz CT molecular complexity index is 613. The molecular formula is C20H40IN3O3Si. The largest absolute Gasteiger partial charge is 0.476 e. The highest BCUT2D eigenvalue weighted by Gasteiger charge is 2.37. The van der Waals surface area contributed by atoms with Crippen molar-refractivity contribution in [3.05, 3.63) is 9.26 Å². The monoisotopic (exact) mass is 525 g/mol. The smallest absolute Gasteiger partial charge is 0.246 e. The van der Waals surface area contributed by atoms with Crippen molar-refractivity contribution < 1.29 is 14.3 Å². The zero-order valence-corrected chi connectivity index (χ0v) is 22.3. The fourth-order valence-corrected chi connectivity index (χ4v) is 4.36. The lowest BCUT2D eigenvalue weighted by molar-refractivity contribution is 0.100. The van der Waals surface area contributed by atoms with Crippen LogP contribution in [0.15, 0.2) is 0 Å². The maximum Gasteiger partial charge on any atom is 0.246 e. The Balaban J connectivity index is 3.02. The molecule has 0 amide bonds. The molecule has 0 saturated carbocycles. The predicted molar refractivity (Wildman–Crippen MR) is 126 cm³/mol. The molecule has 1 heterocycles. The van der Waals surface area contributed by atoms with Crippen LogP contribution >= 0.6 is 22.6 Å². The molecule has 1 rings (SSSR count). The average molecular weight is 526 g/mol. The number of nitrogens with zero attached hydrogens (tertiary/aromatic N) is 3. The van der Waals surface area contributed by atoms with E-state index in [1.807, 2.05) is 18.5 Å². The van der Waals surface area contributed by atoms with E-state index in [0.717, 1.165) is 15.8 Å². The number of hydrogen-bond acceptors (Lipinski definition) is 5. The van der Waals surface area contributed by atoms with Crippen LogP contribution in [-0.2, 0) is 17.5 Å². The van der Waals surface area contributed by atoms with Crippen molar-refractivity contribution in [2.75, 3.05) is 19.8 Å². The summed E-state index contributed by atoms with van der Waals surface area (Å²) in [5.41, 5.74) is 1.12. The van der Waals surface area contributed by atoms with Crippen molar-refractivity contribution in [3.63, 3.8) is 0 Å². The summed E-state index contributed by atoms with van der Waals surface area (Å²) in [5, 5.41) is 14.8. The Morgan fingerprint density at radius 3 is 2.32 bits per heavy atom. The number of aromatic nitrogens is 2. The predicted octanol–water partition coefficient (Wildman–Crippen LogP) is 4.50. The van der Waals surface area contributed by atoms with Crippen LogP contribution in [0.3, 0.4) is 0 Å². The van der Waals surface area contributed by atoms with E-state index in [0.29, 0.717) is 38.2 Å². The highest BCUT2D eigenvalue weighted by Crippen LogP contribution is 2.36. The Morgan fingerprint density at radius 1 is 1.25 bits per heavy atom. The SMILES string of the molecule is CCOc1nn(CCO[Si](C)(C)C(C)(C)C)c(CN(C[C@H](C)O)C(C)C)c1I. The van der Waals surface area contributed by atoms with E-state index in [4.69, 9.17) is 14.3 Å². The first-order chi connectivity index (χ1) is 12.8. The Kier molecular flexibility index (Phi) is 9.93. The van der Waals surface area contributed by atoms with Crippen LogP contribution in [-0.4, -0.2) is 60.0 Å². The van der Waals surface area contributed by atoms with Gasteiger partial charge in [-0.15, -0.1) is 5.10 Å². The molecule has 1 atom stereocenters. The minimum absolute atomic E-state index is 0.191. The van der Waals surface area contributed by atoms with Crippen LogP contribution < -0.4 is 4.74 Å². The summed E-state index contributed by atoms with van der Waals surface area (Å²) in [7, 11) is -1.79. The minimum Gasteiger partial charge on any atom is -0.476 e. The molecule has 0 bridgehead atoms. The van der Waals surface area contributed by atoms with Crippen molar-refractivity contribution in [2.24, 2.45) is 0 Å². The quantitative estimate of drug-likeness (QED) is 0.341. The molecule has 6 nitrogen and oxygen atoms in total. The zero-order chi connectivity index (χ0) is 21.7. The number of aliphatic hydroxyl groups is 1. The molecule has 0 radical (unpaired) electrons. The lowest BCUT2D eigenvalue weighted by Crippen LogP contribution is -2.41. The Morgan fingerprint density at radius 2 is 1.86 bits per heavy atom. The summed E-state index contributed by atoms with van der Waals surface area (Å²) in [4.78, 5) is 2.27. The van der Waals surface area contributed by atoms with Crippen molar-refractivity contribution in [2.45, 2.75) is 91.8 Å². The number of aliphatic hydroxyl groups excluding tert-OH is 1. The van der Waals surface area contributed by atoms with Gasteiger partial charge >= 0.3 is 0 Å². The van der Waals surface area contributed by atoms with Gasteiger partial charge in [0.15, 0.2) is 8.32 Å². The summed E-state index contributed by atoms with van der Waals surface area (Å²) in [6.07, 6.45) is -0.371. The van der Waals surface area contributed by atoms with Gasteiger partial charge in [0.25, 0.3) is 0 Å². The second kappa shape index (κ2) is 10.7. The molecule has 0 aliphatic heterocycles. The molecule has 1 aromatic heterocycles. The molecule has 1 aromatic rings. The van der Waals surface area contributed by atoms with E-state index >= 15 is 0 Å². The minimum atomic E-state index is -1.79. The number of halogens is 1. The van der Waals surface area contributed by atoms with Gasteiger partial charge in [0.1, 0.15) is 0 Å². The van der Waals surface area contributed by atoms with E-state index in [9.17, 15) is 5.11 Å². The number of ether oxygens (including phenoxy) is 1. The summed E-state index contributed by atoms with van der Waals surface area (Å²) in [6.45, 7) is 22.7. The van der Waals surface area contributed by atoms with Gasteiger partial charge in [-0.3, -0.25) is 9.58 Å². The van der Waals surface area contributed by atoms with Crippen molar-refractivity contribution in [3.8, 4) is 5.88 Å². The first kappa shape index (κ1) is 25.9. The molecule has 0 aliphatic rings. The standard InChI is InChI=1S/C20H40IN3O3Si/c1-10-26-19-18(21)17(14-23(15(2)3)13-16(4)25)24(22-19)11-12-27-28(8,9)20(5,6)7/h15-16,25H,10-14H2,1-9H3/t16-/m0/s1. The van der Waals surface area contributed by atoms with Crippen LogP contribution in [0.4, 0.5) is 0 Å². The fourth-order valence-electron chi connectivity index (χ4n) is 2.61. The molecule has 0 aromatic carbocycles. The normalized spacial score (nSPS) is 14.2. The lowest BCUT2D eigenvalue weighted by atomic mass is 10.2. The molecule has 28 heavy (non-hydrogen) atoms. The van der Waals surface area contributed by atoms with Gasteiger partial charge in [-0.25, -0.2) is 0 Å². The molecule has 0 aliphatic carbocycles. The van der Waals surface area contributed by atoms with Crippen LogP contribution in [0.2, 0.25) is 18.1 Å². The van der Waals surface area contributed by atoms with Crippen LogP contribution in [0.1, 0.15) is 54.2 Å². The first-order valence-electron chi connectivity index (χ1n) is 10.2. The molecule has 1 N–H and O–H groups in total. The van der Waals surface area contributed by atoms with E-state index in [1.165, 1.54) is 0 Å². The molecule has 0 unspecified atom stereocenters. The van der Waals surface area contributed by atoms with Gasteiger partial charge in [0, 0.05) is 19.1 Å². The summed E-state index contributed by atoms with van der Waals surface area (Å²) in [6, 6.07) is 0.327. The first-order valence-corrected chi connectivity index (χ1v) is 14.2. The summed E-state index contributed by atoms with van der Waals surface area (Å²) in [5.74, 6) is 0.686. The zero-order valence-electron chi connectivity index (χ0n) is 19.2. The summed E-state index contributed by atoms with van der Waals surface area (Å²) >= 11 is 2.33. The van der Waals surface area contributed by atoms with Crippen molar-refractivity contribution >= 4 is 30.9 Å². The highest BCUT2D eigenvalue weighted by molar-refractivity contribution is 14.1. The number of rotatable bonds is 11. The third-order valence-electron chi connectivity index (χ3n) is 5.40. The van der Waals surface area contributed by atoms with Gasteiger partial charge in [-0.2, -0.15) is 0 Å². The molecule has 164 valence electrons. The molecule has 8 heteroatoms. The number of hydrogen-bond donors (Lipinski definition) is 1. The second-order valence-electron chi connectivity index (χ2n) is 9.20. The van der Waals surface area contributed by atoms with E-state index in [1.54, 1.807) is 0 Å². The van der Waals surface area contributed by atoms with E-state index < -0.39 is 8.32 Å². The second-order valence-corrected chi connectivity index (χ2v) is 15.1. The van der Waals surface area contributed by atoms with Crippen molar-refractivity contribution in [1.29, 1.82) is 0 Å². The molecule has 0 spiro atoms. The highest BCUT2D eigenvalue weighted by atomic mass is 127. The van der Waals surface area contributed by atoms with Crippen LogP contribution in [0.25, 0.3) is 0 Å². The van der Waals surface area contributed by atoms with Crippen LogP contribution in [0.5, 0.6) is 5.88 Å². The van der Waals surface area contributed by atoms with Gasteiger partial charge in [-0.05, 0) is 68.4 Å².